The quantitative estimate of drug-likeness (QED) is 0.374. The molecule has 1 amide bonds. The van der Waals surface area contributed by atoms with Crippen molar-refractivity contribution >= 4 is 28.6 Å². The summed E-state index contributed by atoms with van der Waals surface area (Å²) in [5.74, 6) is -2.29. The summed E-state index contributed by atoms with van der Waals surface area (Å²) in [6, 6.07) is 9.44. The van der Waals surface area contributed by atoms with Gasteiger partial charge in [-0.05, 0) is 36.2 Å². The van der Waals surface area contributed by atoms with Gasteiger partial charge in [0.05, 0.1) is 17.1 Å². The number of benzene rings is 2. The number of aromatic nitrogens is 6. The monoisotopic (exact) mass is 516 g/mol. The molecule has 6 rings (SSSR count). The third-order valence-corrected chi connectivity index (χ3v) is 6.77. The fourth-order valence-corrected chi connectivity index (χ4v) is 4.74. The Hall–Kier alpha value is -4.87. The van der Waals surface area contributed by atoms with E-state index in [1.807, 2.05) is 0 Å². The second kappa shape index (κ2) is 8.33. The second-order valence-corrected chi connectivity index (χ2v) is 9.13. The number of nitrogen functional groups attached to an aromatic ring is 1. The Morgan fingerprint density at radius 3 is 2.55 bits per heavy atom. The predicted molar refractivity (Wildman–Crippen MR) is 132 cm³/mol. The lowest BCUT2D eigenvalue weighted by atomic mass is 9.78. The Morgan fingerprint density at radius 2 is 1.79 bits per heavy atom. The Balaban J connectivity index is 1.50. The number of nitrogens with zero attached hydrogens (tertiary/aromatic N) is 6. The van der Waals surface area contributed by atoms with Crippen LogP contribution in [0.15, 0.2) is 48.7 Å². The number of carbonyl (C=O) groups excluding carboxylic acids is 1. The fourth-order valence-electron chi connectivity index (χ4n) is 4.74. The fraction of sp³-hybridized carbons (Fsp3) is 0.154. The first-order valence-electron chi connectivity index (χ1n) is 11.5. The summed E-state index contributed by atoms with van der Waals surface area (Å²) >= 11 is 0. The summed E-state index contributed by atoms with van der Waals surface area (Å²) in [7, 11) is 1.68. The Labute approximate surface area is 213 Å². The van der Waals surface area contributed by atoms with Gasteiger partial charge in [0.2, 0.25) is 5.91 Å². The lowest BCUT2D eigenvalue weighted by molar-refractivity contribution is -0.119. The zero-order valence-corrected chi connectivity index (χ0v) is 20.1. The molecular weight excluding hydrogens is 497 g/mol. The van der Waals surface area contributed by atoms with E-state index in [1.165, 1.54) is 47.3 Å². The summed E-state index contributed by atoms with van der Waals surface area (Å²) < 4.78 is 43.2. The maximum absolute atomic E-state index is 14.4. The normalized spacial score (nSPS) is 16.6. The van der Waals surface area contributed by atoms with Crippen molar-refractivity contribution in [2.45, 2.75) is 18.8 Å². The minimum Gasteiger partial charge on any atom is -0.383 e. The number of carbonyl (C=O) groups is 1. The highest BCUT2D eigenvalue weighted by molar-refractivity contribution is 6.09. The number of amides is 1. The van der Waals surface area contributed by atoms with E-state index >= 15 is 0 Å². The van der Waals surface area contributed by atoms with Gasteiger partial charge in [-0.15, -0.1) is 0 Å². The van der Waals surface area contributed by atoms with Crippen molar-refractivity contribution in [3.05, 3.63) is 88.6 Å². The Bertz CT molecular complexity index is 1770. The van der Waals surface area contributed by atoms with Crippen molar-refractivity contribution < 1.29 is 18.0 Å². The molecule has 1 aliphatic heterocycles. The highest BCUT2D eigenvalue weighted by atomic mass is 19.2. The van der Waals surface area contributed by atoms with Crippen LogP contribution in [0.4, 0.5) is 24.8 Å². The van der Waals surface area contributed by atoms with Gasteiger partial charge in [0.25, 0.3) is 0 Å². The summed E-state index contributed by atoms with van der Waals surface area (Å²) in [6.07, 6.45) is 1.43. The van der Waals surface area contributed by atoms with E-state index in [4.69, 9.17) is 5.73 Å². The molecule has 1 unspecified atom stereocenters. The van der Waals surface area contributed by atoms with Crippen LogP contribution in [0.1, 0.15) is 29.4 Å². The van der Waals surface area contributed by atoms with Crippen LogP contribution >= 0.6 is 0 Å². The smallest absolute Gasteiger partial charge is 0.240 e. The van der Waals surface area contributed by atoms with Gasteiger partial charge in [0.15, 0.2) is 23.1 Å². The first-order valence-corrected chi connectivity index (χ1v) is 11.5. The highest BCUT2D eigenvalue weighted by Gasteiger charge is 2.47. The first-order chi connectivity index (χ1) is 18.2. The molecule has 0 saturated carbocycles. The molecule has 0 aliphatic carbocycles. The molecule has 4 heterocycles. The third-order valence-electron chi connectivity index (χ3n) is 6.77. The minimum absolute atomic E-state index is 0.0311. The largest absolute Gasteiger partial charge is 0.383 e. The predicted octanol–water partition coefficient (Wildman–Crippen LogP) is 3.67. The van der Waals surface area contributed by atoms with E-state index in [-0.39, 0.29) is 41.0 Å². The van der Waals surface area contributed by atoms with E-state index in [2.05, 4.69) is 30.4 Å². The average Bonchev–Trinajstić information content (AvgIpc) is 3.39. The number of hydrogen-bond acceptors (Lipinski definition) is 7. The van der Waals surface area contributed by atoms with Gasteiger partial charge < -0.3 is 11.1 Å². The van der Waals surface area contributed by atoms with Crippen LogP contribution in [-0.2, 0) is 23.7 Å². The van der Waals surface area contributed by atoms with Gasteiger partial charge in [0.1, 0.15) is 34.4 Å². The molecule has 1 atom stereocenters. The molecule has 5 aromatic rings. The molecule has 3 aromatic heterocycles. The molecule has 0 fully saturated rings. The van der Waals surface area contributed by atoms with Crippen molar-refractivity contribution in [1.82, 2.24) is 29.7 Å². The first kappa shape index (κ1) is 23.5. The van der Waals surface area contributed by atoms with E-state index < -0.39 is 28.8 Å². The van der Waals surface area contributed by atoms with Crippen LogP contribution in [0.3, 0.4) is 0 Å². The minimum atomic E-state index is -1.25. The Kier molecular flexibility index (Phi) is 5.16. The van der Waals surface area contributed by atoms with Crippen molar-refractivity contribution in [2.75, 3.05) is 11.1 Å². The van der Waals surface area contributed by atoms with E-state index in [0.717, 1.165) is 6.07 Å². The Morgan fingerprint density at radius 1 is 1.03 bits per heavy atom. The van der Waals surface area contributed by atoms with Gasteiger partial charge in [-0.1, -0.05) is 24.3 Å². The van der Waals surface area contributed by atoms with Crippen LogP contribution in [0, 0.1) is 17.5 Å². The number of fused-ring (bicyclic) bond motifs is 2. The number of nitrogens with one attached hydrogen (secondary N) is 1. The SMILES string of the molecule is Cn1ncc2c(-c3nc(N)c4c(n3)NC(=O)C4(C)c3ccc(F)cc3)nc(Cc3cccc(F)c3F)nc21. The molecular formula is C26H19F3N8O. The molecule has 12 heteroatoms. The molecule has 190 valence electrons. The maximum Gasteiger partial charge on any atom is 0.240 e. The molecule has 2 aromatic carbocycles. The van der Waals surface area contributed by atoms with Gasteiger partial charge in [-0.3, -0.25) is 9.48 Å². The van der Waals surface area contributed by atoms with E-state index in [0.29, 0.717) is 22.2 Å². The molecule has 0 saturated heterocycles. The standard InChI is InChI=1S/C26H19F3N8O/c1-26(13-6-8-14(27)9-7-13)18-21(30)34-23(35-22(18)36-25(26)38)20-15-11-31-37(2)24(15)33-17(32-20)10-12-4-3-5-16(28)19(12)29/h3-9,11H,10H2,1-2H3,(H3,30,34,35,36,38). The van der Waals surface area contributed by atoms with Crippen LogP contribution in [0.5, 0.6) is 0 Å². The van der Waals surface area contributed by atoms with E-state index in [1.54, 1.807) is 14.0 Å². The summed E-state index contributed by atoms with van der Waals surface area (Å²) in [5, 5.41) is 7.49. The average molecular weight is 516 g/mol. The molecule has 0 bridgehead atoms. The van der Waals surface area contributed by atoms with Gasteiger partial charge in [-0.2, -0.15) is 5.10 Å². The number of halogens is 3. The van der Waals surface area contributed by atoms with Gasteiger partial charge in [0, 0.05) is 13.5 Å². The zero-order valence-electron chi connectivity index (χ0n) is 20.1. The number of rotatable bonds is 4. The topological polar surface area (TPSA) is 124 Å². The van der Waals surface area contributed by atoms with Crippen molar-refractivity contribution in [1.29, 1.82) is 0 Å². The number of hydrogen-bond donors (Lipinski definition) is 2. The van der Waals surface area contributed by atoms with E-state index in [9.17, 15) is 18.0 Å². The van der Waals surface area contributed by atoms with Crippen molar-refractivity contribution in [2.24, 2.45) is 7.05 Å². The lowest BCUT2D eigenvalue weighted by Crippen LogP contribution is -2.33. The highest BCUT2D eigenvalue weighted by Crippen LogP contribution is 2.45. The second-order valence-electron chi connectivity index (χ2n) is 9.13. The van der Waals surface area contributed by atoms with Crippen LogP contribution in [0.2, 0.25) is 0 Å². The molecule has 38 heavy (non-hydrogen) atoms. The molecule has 0 spiro atoms. The van der Waals surface area contributed by atoms with Crippen LogP contribution in [-0.4, -0.2) is 35.6 Å². The maximum atomic E-state index is 14.4. The summed E-state index contributed by atoms with van der Waals surface area (Å²) in [6.45, 7) is 1.66. The number of aryl methyl sites for hydroxylation is 1. The molecule has 9 nitrogen and oxygen atoms in total. The zero-order chi connectivity index (χ0) is 26.8. The van der Waals surface area contributed by atoms with Crippen LogP contribution < -0.4 is 11.1 Å². The number of nitrogens with two attached hydrogens (primary N) is 1. The van der Waals surface area contributed by atoms with Crippen LogP contribution in [0.25, 0.3) is 22.6 Å². The van der Waals surface area contributed by atoms with Gasteiger partial charge >= 0.3 is 0 Å². The summed E-state index contributed by atoms with van der Waals surface area (Å²) in [4.78, 5) is 31.2. The van der Waals surface area contributed by atoms with Crippen molar-refractivity contribution in [3.63, 3.8) is 0 Å². The third kappa shape index (κ3) is 3.48. The lowest BCUT2D eigenvalue weighted by Gasteiger charge is -2.23. The molecule has 0 radical (unpaired) electrons. The van der Waals surface area contributed by atoms with Crippen molar-refractivity contribution in [3.8, 4) is 11.5 Å². The summed E-state index contributed by atoms with van der Waals surface area (Å²) in [5.41, 5.74) is 6.78. The molecule has 3 N–H and O–H groups in total. The number of anilines is 2. The molecule has 1 aliphatic rings. The van der Waals surface area contributed by atoms with Gasteiger partial charge in [-0.25, -0.2) is 33.1 Å².